The highest BCUT2D eigenvalue weighted by molar-refractivity contribution is 6.38. The number of fused-ring (bicyclic) bond motifs is 8. The second-order valence-corrected chi connectivity index (χ2v) is 13.9. The van der Waals surface area contributed by atoms with E-state index in [2.05, 4.69) is 181 Å². The molecule has 0 aliphatic rings. The zero-order chi connectivity index (χ0) is 33.1. The molecule has 9 aromatic carbocycles. The molecule has 0 unspecified atom stereocenters. The number of hydrogen-bond donors (Lipinski definition) is 0. The molecule has 11 aromatic rings. The second-order valence-electron chi connectivity index (χ2n) is 13.9. The number of rotatable bonds is 3. The van der Waals surface area contributed by atoms with Crippen LogP contribution >= 0.6 is 0 Å². The van der Waals surface area contributed by atoms with Crippen LogP contribution in [-0.2, 0) is 0 Å². The van der Waals surface area contributed by atoms with Crippen LogP contribution < -0.4 is 0 Å². The molecular formula is C48H32N2. The maximum Gasteiger partial charge on any atom is 0.0620 e. The molecule has 234 valence electrons. The van der Waals surface area contributed by atoms with Gasteiger partial charge in [-0.3, -0.25) is 0 Å². The van der Waals surface area contributed by atoms with Crippen LogP contribution in [0.25, 0.3) is 98.4 Å². The van der Waals surface area contributed by atoms with Gasteiger partial charge in [-0.05, 0) is 101 Å². The Kier molecular flexibility index (Phi) is 5.55. The average molecular weight is 637 g/mol. The normalized spacial score (nSPS) is 12.2. The molecular weight excluding hydrogens is 605 g/mol. The van der Waals surface area contributed by atoms with E-state index in [1.807, 2.05) is 0 Å². The Labute approximate surface area is 289 Å². The number of hydrogen-bond acceptors (Lipinski definition) is 0. The van der Waals surface area contributed by atoms with Crippen molar-refractivity contribution in [1.82, 2.24) is 9.13 Å². The van der Waals surface area contributed by atoms with Crippen molar-refractivity contribution >= 4 is 75.9 Å². The van der Waals surface area contributed by atoms with E-state index in [4.69, 9.17) is 0 Å². The first kappa shape index (κ1) is 27.6. The Morgan fingerprint density at radius 1 is 0.360 bits per heavy atom. The molecule has 0 radical (unpaired) electrons. The average Bonchev–Trinajstić information content (AvgIpc) is 3.66. The van der Waals surface area contributed by atoms with Gasteiger partial charge in [0.25, 0.3) is 0 Å². The second kappa shape index (κ2) is 10.1. The number of para-hydroxylation sites is 4. The standard InChI is InChI=1S/C48H32N2/c1-29-23-30(2)25-31(24-29)39-26-32-27-44-46(36-18-10-12-20-43(36)49(44)33-13-5-3-6-14-33)37-21-22-38-47(45(32)37)40(39)28-41-35-17-9-11-19-42(35)50(48(38)41)34-15-7-4-8-16-34/h3-28H,1-2H3. The van der Waals surface area contributed by atoms with Gasteiger partial charge < -0.3 is 9.13 Å². The largest absolute Gasteiger partial charge is 0.309 e. The molecule has 11 rings (SSSR count). The highest BCUT2D eigenvalue weighted by atomic mass is 15.0. The highest BCUT2D eigenvalue weighted by Crippen LogP contribution is 2.49. The van der Waals surface area contributed by atoms with E-state index in [-0.39, 0.29) is 0 Å². The number of nitrogens with zero attached hydrogens (tertiary/aromatic N) is 2. The molecule has 0 N–H and O–H groups in total. The first-order valence-electron chi connectivity index (χ1n) is 17.4. The summed E-state index contributed by atoms with van der Waals surface area (Å²) in [6, 6.07) is 58.6. The molecule has 2 nitrogen and oxygen atoms in total. The summed E-state index contributed by atoms with van der Waals surface area (Å²) < 4.78 is 4.92. The van der Waals surface area contributed by atoms with Gasteiger partial charge in [-0.15, -0.1) is 0 Å². The summed E-state index contributed by atoms with van der Waals surface area (Å²) in [5.41, 5.74) is 12.4. The summed E-state index contributed by atoms with van der Waals surface area (Å²) in [7, 11) is 0. The Bertz CT molecular complexity index is 3120. The molecule has 2 heterocycles. The van der Waals surface area contributed by atoms with E-state index in [9.17, 15) is 0 Å². The fourth-order valence-corrected chi connectivity index (χ4v) is 9.01. The van der Waals surface area contributed by atoms with Crippen molar-refractivity contribution in [3.8, 4) is 22.5 Å². The minimum atomic E-state index is 1.18. The van der Waals surface area contributed by atoms with E-state index < -0.39 is 0 Å². The van der Waals surface area contributed by atoms with Gasteiger partial charge in [0.1, 0.15) is 0 Å². The molecule has 0 aliphatic heterocycles. The van der Waals surface area contributed by atoms with Crippen molar-refractivity contribution in [3.63, 3.8) is 0 Å². The first-order chi connectivity index (χ1) is 24.6. The van der Waals surface area contributed by atoms with Gasteiger partial charge in [-0.2, -0.15) is 0 Å². The van der Waals surface area contributed by atoms with E-state index in [0.717, 1.165) is 0 Å². The maximum absolute atomic E-state index is 2.49. The summed E-state index contributed by atoms with van der Waals surface area (Å²) >= 11 is 0. The van der Waals surface area contributed by atoms with E-state index in [0.29, 0.717) is 0 Å². The summed E-state index contributed by atoms with van der Waals surface area (Å²) in [6.07, 6.45) is 0. The predicted octanol–water partition coefficient (Wildman–Crippen LogP) is 13.1. The molecule has 0 atom stereocenters. The van der Waals surface area contributed by atoms with Crippen LogP contribution in [0.2, 0.25) is 0 Å². The Hall–Kier alpha value is -6.38. The van der Waals surface area contributed by atoms with E-state index in [1.165, 1.54) is 110 Å². The van der Waals surface area contributed by atoms with Crippen molar-refractivity contribution in [2.75, 3.05) is 0 Å². The third-order valence-electron chi connectivity index (χ3n) is 10.8. The molecule has 0 spiro atoms. The fraction of sp³-hybridized carbons (Fsp3) is 0.0417. The third-order valence-corrected chi connectivity index (χ3v) is 10.8. The summed E-state index contributed by atoms with van der Waals surface area (Å²) in [6.45, 7) is 4.42. The quantitative estimate of drug-likeness (QED) is 0.171. The summed E-state index contributed by atoms with van der Waals surface area (Å²) in [5, 5.41) is 13.0. The number of aryl methyl sites for hydroxylation is 2. The molecule has 0 aliphatic carbocycles. The fourth-order valence-electron chi connectivity index (χ4n) is 9.01. The van der Waals surface area contributed by atoms with Gasteiger partial charge in [0, 0.05) is 43.7 Å². The van der Waals surface area contributed by atoms with Crippen molar-refractivity contribution < 1.29 is 0 Å². The lowest BCUT2D eigenvalue weighted by Gasteiger charge is -2.19. The van der Waals surface area contributed by atoms with Crippen LogP contribution in [0.3, 0.4) is 0 Å². The molecule has 0 saturated carbocycles. The number of benzene rings is 9. The van der Waals surface area contributed by atoms with Crippen LogP contribution in [0.1, 0.15) is 11.1 Å². The topological polar surface area (TPSA) is 9.86 Å². The predicted molar refractivity (Wildman–Crippen MR) is 214 cm³/mol. The van der Waals surface area contributed by atoms with Gasteiger partial charge >= 0.3 is 0 Å². The molecule has 0 bridgehead atoms. The van der Waals surface area contributed by atoms with E-state index in [1.54, 1.807) is 0 Å². The maximum atomic E-state index is 2.49. The van der Waals surface area contributed by atoms with Gasteiger partial charge in [-0.1, -0.05) is 114 Å². The molecule has 0 amide bonds. The van der Waals surface area contributed by atoms with Crippen molar-refractivity contribution in [3.05, 3.63) is 169 Å². The number of aromatic nitrogens is 2. The molecule has 50 heavy (non-hydrogen) atoms. The third kappa shape index (κ3) is 3.68. The monoisotopic (exact) mass is 636 g/mol. The first-order valence-corrected chi connectivity index (χ1v) is 17.4. The molecule has 2 heteroatoms. The Morgan fingerprint density at radius 3 is 1.68 bits per heavy atom. The lowest BCUT2D eigenvalue weighted by atomic mass is 9.86. The molecule has 0 saturated heterocycles. The van der Waals surface area contributed by atoms with Crippen molar-refractivity contribution in [2.24, 2.45) is 0 Å². The summed E-state index contributed by atoms with van der Waals surface area (Å²) in [4.78, 5) is 0. The van der Waals surface area contributed by atoms with Crippen molar-refractivity contribution in [1.29, 1.82) is 0 Å². The van der Waals surface area contributed by atoms with Crippen LogP contribution in [-0.4, -0.2) is 9.13 Å². The van der Waals surface area contributed by atoms with Gasteiger partial charge in [0.2, 0.25) is 0 Å². The Balaban J connectivity index is 1.41. The Morgan fingerprint density at radius 2 is 0.960 bits per heavy atom. The molecule has 2 aromatic heterocycles. The zero-order valence-corrected chi connectivity index (χ0v) is 27.9. The van der Waals surface area contributed by atoms with Gasteiger partial charge in [0.15, 0.2) is 0 Å². The SMILES string of the molecule is Cc1cc(C)cc(-c2cc3cc4c(c5ccc6c(c2cc2c7ccccc7n(-c7ccccc7)c26)c35)c2ccccc2n4-c2ccccc2)c1. The van der Waals surface area contributed by atoms with Crippen LogP contribution in [0.4, 0.5) is 0 Å². The van der Waals surface area contributed by atoms with Crippen LogP contribution in [0, 0.1) is 13.8 Å². The minimum Gasteiger partial charge on any atom is -0.309 e. The van der Waals surface area contributed by atoms with E-state index >= 15 is 0 Å². The van der Waals surface area contributed by atoms with Crippen LogP contribution in [0.5, 0.6) is 0 Å². The van der Waals surface area contributed by atoms with Gasteiger partial charge in [0.05, 0.1) is 22.1 Å². The lowest BCUT2D eigenvalue weighted by molar-refractivity contribution is 1.18. The minimum absolute atomic E-state index is 1.18. The molecule has 0 fully saturated rings. The lowest BCUT2D eigenvalue weighted by Crippen LogP contribution is -1.96. The highest BCUT2D eigenvalue weighted by Gasteiger charge is 2.24. The summed E-state index contributed by atoms with van der Waals surface area (Å²) in [5.74, 6) is 0. The van der Waals surface area contributed by atoms with Crippen LogP contribution in [0.15, 0.2) is 158 Å². The van der Waals surface area contributed by atoms with Crippen molar-refractivity contribution in [2.45, 2.75) is 13.8 Å². The van der Waals surface area contributed by atoms with Gasteiger partial charge in [-0.25, -0.2) is 0 Å². The smallest absolute Gasteiger partial charge is 0.0620 e. The zero-order valence-electron chi connectivity index (χ0n) is 27.9.